The van der Waals surface area contributed by atoms with Crippen molar-refractivity contribution >= 4 is 12.1 Å². The molecule has 34 heavy (non-hydrogen) atoms. The Balaban J connectivity index is 1.43. The molecule has 0 unspecified atom stereocenters. The fourth-order valence-corrected chi connectivity index (χ4v) is 4.26. The van der Waals surface area contributed by atoms with E-state index in [0.29, 0.717) is 12.8 Å². The highest BCUT2D eigenvalue weighted by Crippen LogP contribution is 2.44. The molecule has 1 atom stereocenters. The quantitative estimate of drug-likeness (QED) is 0.489. The maximum Gasteiger partial charge on any atom is 0.407 e. The molecule has 0 saturated heterocycles. The number of alkyl carbamates (subject to hydrolysis) is 1. The number of amides is 1. The lowest BCUT2D eigenvalue weighted by atomic mass is 9.98. The number of hydrogen-bond acceptors (Lipinski definition) is 5. The van der Waals surface area contributed by atoms with Crippen LogP contribution < -0.4 is 5.32 Å². The molecule has 2 aromatic carbocycles. The number of fused-ring (bicyclic) bond motifs is 3. The maximum atomic E-state index is 12.8. The first-order valence-electron chi connectivity index (χ1n) is 11.5. The minimum absolute atomic E-state index is 0.0463. The van der Waals surface area contributed by atoms with Crippen molar-refractivity contribution in [1.82, 2.24) is 10.3 Å². The summed E-state index contributed by atoms with van der Waals surface area (Å²) in [4.78, 5) is 29.6. The average molecular weight is 459 g/mol. The van der Waals surface area contributed by atoms with Crippen molar-refractivity contribution in [3.8, 4) is 11.1 Å². The van der Waals surface area contributed by atoms with Crippen LogP contribution >= 0.6 is 0 Å². The molecule has 1 aliphatic carbocycles. The topological polar surface area (TPSA) is 77.5 Å². The third kappa shape index (κ3) is 5.63. The summed E-state index contributed by atoms with van der Waals surface area (Å²) >= 11 is 0. The molecular weight excluding hydrogens is 428 g/mol. The summed E-state index contributed by atoms with van der Waals surface area (Å²) in [7, 11) is 0. The third-order valence-corrected chi connectivity index (χ3v) is 5.80. The Morgan fingerprint density at radius 3 is 2.12 bits per heavy atom. The van der Waals surface area contributed by atoms with E-state index in [9.17, 15) is 9.59 Å². The highest BCUT2D eigenvalue weighted by molar-refractivity contribution is 5.82. The fraction of sp³-hybridized carbons (Fsp3) is 0.321. The Morgan fingerprint density at radius 2 is 1.53 bits per heavy atom. The number of nitrogens with zero attached hydrogens (tertiary/aromatic N) is 1. The van der Waals surface area contributed by atoms with Gasteiger partial charge in [0.05, 0.1) is 0 Å². The van der Waals surface area contributed by atoms with Gasteiger partial charge in [-0.2, -0.15) is 0 Å². The number of pyridine rings is 1. The number of ether oxygens (including phenoxy) is 2. The van der Waals surface area contributed by atoms with Gasteiger partial charge in [-0.1, -0.05) is 48.5 Å². The van der Waals surface area contributed by atoms with E-state index >= 15 is 0 Å². The van der Waals surface area contributed by atoms with E-state index in [2.05, 4.69) is 34.6 Å². The Bertz CT molecular complexity index is 1110. The van der Waals surface area contributed by atoms with Crippen molar-refractivity contribution in [2.24, 2.45) is 0 Å². The molecule has 6 heteroatoms. The molecule has 3 aromatic rings. The highest BCUT2D eigenvalue weighted by atomic mass is 16.6. The first-order valence-corrected chi connectivity index (χ1v) is 11.5. The van der Waals surface area contributed by atoms with Gasteiger partial charge >= 0.3 is 12.1 Å². The lowest BCUT2D eigenvalue weighted by molar-refractivity contribution is -0.157. The molecule has 1 amide bonds. The van der Waals surface area contributed by atoms with Gasteiger partial charge in [-0.05, 0) is 73.6 Å². The predicted octanol–water partition coefficient (Wildman–Crippen LogP) is 5.26. The average Bonchev–Trinajstić information content (AvgIpc) is 3.13. The van der Waals surface area contributed by atoms with Crippen molar-refractivity contribution in [3.63, 3.8) is 0 Å². The van der Waals surface area contributed by atoms with Gasteiger partial charge in [-0.15, -0.1) is 0 Å². The summed E-state index contributed by atoms with van der Waals surface area (Å²) < 4.78 is 11.2. The molecule has 0 spiro atoms. The lowest BCUT2D eigenvalue weighted by Crippen LogP contribution is -2.45. The van der Waals surface area contributed by atoms with Gasteiger partial charge in [0.15, 0.2) is 0 Å². The standard InChI is InChI=1S/C28H30N2O4/c1-28(2,3)34-26(31)25(13-12-19-14-16-29-17-15-19)30-27(32)33-18-24-22-10-6-4-8-20(22)21-9-5-7-11-23(21)24/h4-11,14-17,24-25H,12-13,18H2,1-3H3,(H,30,32)/t25-/m0/s1. The molecule has 6 nitrogen and oxygen atoms in total. The second kappa shape index (κ2) is 10.1. The van der Waals surface area contributed by atoms with Crippen LogP contribution in [0.4, 0.5) is 4.79 Å². The number of rotatable bonds is 7. The fourth-order valence-electron chi connectivity index (χ4n) is 4.26. The van der Waals surface area contributed by atoms with Crippen molar-refractivity contribution in [2.75, 3.05) is 6.61 Å². The number of aromatic nitrogens is 1. The van der Waals surface area contributed by atoms with Crippen LogP contribution in [0.25, 0.3) is 11.1 Å². The van der Waals surface area contributed by atoms with Crippen LogP contribution in [0.5, 0.6) is 0 Å². The van der Waals surface area contributed by atoms with Gasteiger partial charge in [0.25, 0.3) is 0 Å². The van der Waals surface area contributed by atoms with Crippen molar-refractivity contribution < 1.29 is 19.1 Å². The molecule has 0 aliphatic heterocycles. The van der Waals surface area contributed by atoms with Crippen molar-refractivity contribution in [2.45, 2.75) is 51.2 Å². The summed E-state index contributed by atoms with van der Waals surface area (Å²) in [5.41, 5.74) is 4.97. The van der Waals surface area contributed by atoms with Crippen LogP contribution in [0.1, 0.15) is 49.8 Å². The molecule has 1 aromatic heterocycles. The predicted molar refractivity (Wildman–Crippen MR) is 130 cm³/mol. The summed E-state index contributed by atoms with van der Waals surface area (Å²) in [5.74, 6) is -0.523. The number of benzene rings is 2. The minimum atomic E-state index is -0.817. The van der Waals surface area contributed by atoms with Crippen LogP contribution in [-0.2, 0) is 20.7 Å². The molecule has 176 valence electrons. The minimum Gasteiger partial charge on any atom is -0.458 e. The number of nitrogens with one attached hydrogen (secondary N) is 1. The van der Waals surface area contributed by atoms with Gasteiger partial charge in [-0.25, -0.2) is 9.59 Å². The maximum absolute atomic E-state index is 12.8. The van der Waals surface area contributed by atoms with Crippen LogP contribution in [0.2, 0.25) is 0 Å². The summed E-state index contributed by atoms with van der Waals surface area (Å²) in [6.45, 7) is 5.60. The van der Waals surface area contributed by atoms with Crippen LogP contribution in [0.15, 0.2) is 73.1 Å². The summed E-state index contributed by atoms with van der Waals surface area (Å²) in [5, 5.41) is 2.73. The van der Waals surface area contributed by atoms with E-state index in [1.165, 1.54) is 0 Å². The second-order valence-corrected chi connectivity index (χ2v) is 9.45. The van der Waals surface area contributed by atoms with Crippen LogP contribution in [0.3, 0.4) is 0 Å². The number of aryl methyl sites for hydroxylation is 1. The largest absolute Gasteiger partial charge is 0.458 e. The number of carbonyl (C=O) groups excluding carboxylic acids is 2. The molecule has 0 bridgehead atoms. The van der Waals surface area contributed by atoms with Gasteiger partial charge < -0.3 is 14.8 Å². The molecule has 1 aliphatic rings. The highest BCUT2D eigenvalue weighted by Gasteiger charge is 2.31. The Kier molecular flexibility index (Phi) is 6.96. The van der Waals surface area contributed by atoms with E-state index in [4.69, 9.17) is 9.47 Å². The monoisotopic (exact) mass is 458 g/mol. The third-order valence-electron chi connectivity index (χ3n) is 5.80. The zero-order chi connectivity index (χ0) is 24.1. The SMILES string of the molecule is CC(C)(C)OC(=O)[C@H](CCc1ccncc1)NC(=O)OCC1c2ccccc2-c2ccccc21. The number of carbonyl (C=O) groups is 2. The zero-order valence-electron chi connectivity index (χ0n) is 19.8. The molecule has 0 radical (unpaired) electrons. The molecular formula is C28H30N2O4. The van der Waals surface area contributed by atoms with Crippen LogP contribution in [-0.4, -0.2) is 35.3 Å². The molecule has 1 N–H and O–H groups in total. The second-order valence-electron chi connectivity index (χ2n) is 9.45. The first kappa shape index (κ1) is 23.5. The van der Waals surface area contributed by atoms with E-state index in [1.54, 1.807) is 33.2 Å². The van der Waals surface area contributed by atoms with Crippen LogP contribution in [0, 0.1) is 0 Å². The van der Waals surface area contributed by atoms with Gasteiger partial charge in [0.2, 0.25) is 0 Å². The molecule has 0 fully saturated rings. The van der Waals surface area contributed by atoms with Gasteiger partial charge in [0, 0.05) is 18.3 Å². The Morgan fingerprint density at radius 1 is 0.941 bits per heavy atom. The first-order chi connectivity index (χ1) is 16.3. The molecule has 1 heterocycles. The summed E-state index contributed by atoms with van der Waals surface area (Å²) in [6, 6.07) is 19.3. The van der Waals surface area contributed by atoms with Gasteiger partial charge in [-0.3, -0.25) is 4.98 Å². The number of esters is 1. The van der Waals surface area contributed by atoms with E-state index in [1.807, 2.05) is 36.4 Å². The number of hydrogen-bond donors (Lipinski definition) is 1. The smallest absolute Gasteiger partial charge is 0.407 e. The Hall–Kier alpha value is -3.67. The lowest BCUT2D eigenvalue weighted by Gasteiger charge is -2.24. The Labute approximate surface area is 200 Å². The van der Waals surface area contributed by atoms with Gasteiger partial charge in [0.1, 0.15) is 18.2 Å². The van der Waals surface area contributed by atoms with E-state index in [0.717, 1.165) is 27.8 Å². The van der Waals surface area contributed by atoms with Crippen molar-refractivity contribution in [1.29, 1.82) is 0 Å². The van der Waals surface area contributed by atoms with Crippen molar-refractivity contribution in [3.05, 3.63) is 89.7 Å². The van der Waals surface area contributed by atoms with E-state index in [-0.39, 0.29) is 12.5 Å². The zero-order valence-corrected chi connectivity index (χ0v) is 19.8. The normalized spacial score (nSPS) is 13.5. The van der Waals surface area contributed by atoms with E-state index < -0.39 is 23.7 Å². The molecule has 4 rings (SSSR count). The summed E-state index contributed by atoms with van der Waals surface area (Å²) in [6.07, 6.45) is 3.76. The molecule has 0 saturated carbocycles.